The highest BCUT2D eigenvalue weighted by Gasteiger charge is 2.25. The van der Waals surface area contributed by atoms with E-state index < -0.39 is 11.5 Å². The molecule has 1 N–H and O–H groups in total. The zero-order valence-electron chi connectivity index (χ0n) is 19.1. The molecule has 1 saturated carbocycles. The fraction of sp³-hybridized carbons (Fsp3) is 0.346. The van der Waals surface area contributed by atoms with Gasteiger partial charge in [-0.15, -0.1) is 11.6 Å². The number of amides is 1. The van der Waals surface area contributed by atoms with Crippen LogP contribution < -0.4 is 15.6 Å². The van der Waals surface area contributed by atoms with E-state index in [1.807, 2.05) is 24.3 Å². The molecule has 1 atom stereocenters. The molecule has 4 rings (SSSR count). The van der Waals surface area contributed by atoms with Gasteiger partial charge in [0.25, 0.3) is 11.5 Å². The summed E-state index contributed by atoms with van der Waals surface area (Å²) < 4.78 is 7.10. The molecule has 1 aliphatic carbocycles. The largest absolute Gasteiger partial charge is 0.455 e. The zero-order valence-corrected chi connectivity index (χ0v) is 19.9. The number of aryl methyl sites for hydroxylation is 3. The van der Waals surface area contributed by atoms with Crippen LogP contribution in [0, 0.1) is 13.8 Å². The lowest BCUT2D eigenvalue weighted by atomic mass is 10.0. The van der Waals surface area contributed by atoms with Crippen molar-refractivity contribution in [2.75, 3.05) is 5.88 Å². The normalized spacial score (nSPS) is 14.1. The van der Waals surface area contributed by atoms with Gasteiger partial charge in [-0.3, -0.25) is 9.59 Å². The molecule has 1 unspecified atom stereocenters. The van der Waals surface area contributed by atoms with Crippen LogP contribution in [0.15, 0.2) is 53.5 Å². The average molecular weight is 466 g/mol. The second-order valence-corrected chi connectivity index (χ2v) is 9.02. The molecule has 1 aromatic heterocycles. The van der Waals surface area contributed by atoms with Crippen molar-refractivity contribution in [3.63, 3.8) is 0 Å². The molecular formula is C26H28ClN3O3. The maximum atomic E-state index is 13.2. The van der Waals surface area contributed by atoms with Gasteiger partial charge in [0.15, 0.2) is 11.3 Å². The van der Waals surface area contributed by atoms with E-state index in [0.29, 0.717) is 18.1 Å². The molecule has 1 aliphatic rings. The molecule has 1 amide bonds. The van der Waals surface area contributed by atoms with Crippen LogP contribution in [0.5, 0.6) is 11.5 Å². The predicted molar refractivity (Wildman–Crippen MR) is 130 cm³/mol. The molecule has 3 aromatic rings. The van der Waals surface area contributed by atoms with Crippen molar-refractivity contribution < 1.29 is 9.53 Å². The SMILES string of the molecule is Cc1ccc(CC(CCl)NC(=O)c2c(Oc3cccc(C4CC4)c3)cnn(C)c2=O)cc1C. The Bertz CT molecular complexity index is 1230. The van der Waals surface area contributed by atoms with Gasteiger partial charge >= 0.3 is 0 Å². The van der Waals surface area contributed by atoms with Gasteiger partial charge < -0.3 is 10.1 Å². The summed E-state index contributed by atoms with van der Waals surface area (Å²) >= 11 is 6.17. The first-order valence-corrected chi connectivity index (χ1v) is 11.7. The highest BCUT2D eigenvalue weighted by atomic mass is 35.5. The Morgan fingerprint density at radius 3 is 2.70 bits per heavy atom. The van der Waals surface area contributed by atoms with E-state index in [4.69, 9.17) is 16.3 Å². The fourth-order valence-electron chi connectivity index (χ4n) is 3.80. The number of nitrogens with one attached hydrogen (secondary N) is 1. The van der Waals surface area contributed by atoms with Crippen LogP contribution in [0.4, 0.5) is 0 Å². The minimum absolute atomic E-state index is 0.0838. The third-order valence-corrected chi connectivity index (χ3v) is 6.41. The molecule has 7 heteroatoms. The molecule has 6 nitrogen and oxygen atoms in total. The summed E-state index contributed by atoms with van der Waals surface area (Å²) in [5.41, 5.74) is 4.05. The molecule has 0 saturated heterocycles. The van der Waals surface area contributed by atoms with Crippen molar-refractivity contribution in [3.8, 4) is 11.5 Å². The lowest BCUT2D eigenvalue weighted by molar-refractivity contribution is 0.0935. The second-order valence-electron chi connectivity index (χ2n) is 8.71. The summed E-state index contributed by atoms with van der Waals surface area (Å²) in [6, 6.07) is 13.6. The summed E-state index contributed by atoms with van der Waals surface area (Å²) in [4.78, 5) is 26.0. The third-order valence-electron chi connectivity index (χ3n) is 6.04. The van der Waals surface area contributed by atoms with Crippen molar-refractivity contribution in [3.05, 3.63) is 86.8 Å². The van der Waals surface area contributed by atoms with E-state index in [2.05, 4.69) is 42.5 Å². The smallest absolute Gasteiger partial charge is 0.283 e. The number of carbonyl (C=O) groups excluding carboxylic acids is 1. The lowest BCUT2D eigenvalue weighted by Gasteiger charge is -2.18. The topological polar surface area (TPSA) is 73.2 Å². The summed E-state index contributed by atoms with van der Waals surface area (Å²) in [7, 11) is 1.50. The van der Waals surface area contributed by atoms with Crippen molar-refractivity contribution in [2.24, 2.45) is 7.05 Å². The van der Waals surface area contributed by atoms with Gasteiger partial charge in [-0.2, -0.15) is 5.10 Å². The summed E-state index contributed by atoms with van der Waals surface area (Å²) in [6.45, 7) is 4.11. The van der Waals surface area contributed by atoms with Crippen molar-refractivity contribution >= 4 is 17.5 Å². The lowest BCUT2D eigenvalue weighted by Crippen LogP contribution is -2.41. The molecule has 2 aromatic carbocycles. The Kier molecular flexibility index (Phi) is 6.84. The van der Waals surface area contributed by atoms with Crippen molar-refractivity contribution in [1.29, 1.82) is 0 Å². The van der Waals surface area contributed by atoms with Gasteiger partial charge in [0.05, 0.1) is 6.20 Å². The van der Waals surface area contributed by atoms with Crippen LogP contribution >= 0.6 is 11.6 Å². The number of rotatable bonds is 8. The molecule has 0 aliphatic heterocycles. The van der Waals surface area contributed by atoms with Crippen LogP contribution in [-0.4, -0.2) is 27.6 Å². The highest BCUT2D eigenvalue weighted by molar-refractivity contribution is 6.18. The van der Waals surface area contributed by atoms with Gasteiger partial charge in [-0.1, -0.05) is 30.3 Å². The molecular weight excluding hydrogens is 438 g/mol. The van der Waals surface area contributed by atoms with E-state index in [0.717, 1.165) is 10.2 Å². The molecule has 0 spiro atoms. The number of aromatic nitrogens is 2. The number of ether oxygens (including phenoxy) is 1. The first kappa shape index (κ1) is 23.1. The fourth-order valence-corrected chi connectivity index (χ4v) is 3.99. The maximum Gasteiger partial charge on any atom is 0.283 e. The van der Waals surface area contributed by atoms with E-state index in [1.165, 1.54) is 42.8 Å². The Hall–Kier alpha value is -3.12. The number of benzene rings is 2. The Morgan fingerprint density at radius 2 is 2.00 bits per heavy atom. The molecule has 1 heterocycles. The van der Waals surface area contributed by atoms with Gasteiger partial charge in [0, 0.05) is 19.0 Å². The monoisotopic (exact) mass is 465 g/mol. The van der Waals surface area contributed by atoms with Crippen LogP contribution in [-0.2, 0) is 13.5 Å². The molecule has 0 radical (unpaired) electrons. The summed E-state index contributed by atoms with van der Waals surface area (Å²) in [5, 5.41) is 6.95. The van der Waals surface area contributed by atoms with Gasteiger partial charge in [-0.05, 0) is 73.4 Å². The van der Waals surface area contributed by atoms with Crippen LogP contribution in [0.1, 0.15) is 51.4 Å². The highest BCUT2D eigenvalue weighted by Crippen LogP contribution is 2.41. The molecule has 33 heavy (non-hydrogen) atoms. The first-order chi connectivity index (χ1) is 15.9. The number of nitrogens with zero attached hydrogens (tertiary/aromatic N) is 2. The minimum atomic E-state index is -0.527. The maximum absolute atomic E-state index is 13.2. The van der Waals surface area contributed by atoms with Crippen LogP contribution in [0.2, 0.25) is 0 Å². The third kappa shape index (κ3) is 5.45. The van der Waals surface area contributed by atoms with E-state index in [-0.39, 0.29) is 23.2 Å². The number of carbonyl (C=O) groups is 1. The predicted octanol–water partition coefficient (Wildman–Crippen LogP) is 4.65. The summed E-state index contributed by atoms with van der Waals surface area (Å²) in [5.74, 6) is 0.952. The van der Waals surface area contributed by atoms with E-state index in [1.54, 1.807) is 0 Å². The van der Waals surface area contributed by atoms with Crippen molar-refractivity contribution in [1.82, 2.24) is 15.1 Å². The summed E-state index contributed by atoms with van der Waals surface area (Å²) in [6.07, 6.45) is 4.30. The van der Waals surface area contributed by atoms with Gasteiger partial charge in [0.1, 0.15) is 5.75 Å². The Labute approximate surface area is 198 Å². The van der Waals surface area contributed by atoms with Crippen LogP contribution in [0.3, 0.4) is 0 Å². The Morgan fingerprint density at radius 1 is 1.21 bits per heavy atom. The Balaban J connectivity index is 1.57. The minimum Gasteiger partial charge on any atom is -0.455 e. The van der Waals surface area contributed by atoms with Gasteiger partial charge in [-0.25, -0.2) is 4.68 Å². The molecule has 0 bridgehead atoms. The van der Waals surface area contributed by atoms with Crippen molar-refractivity contribution in [2.45, 2.75) is 45.1 Å². The van der Waals surface area contributed by atoms with Crippen LogP contribution in [0.25, 0.3) is 0 Å². The quantitative estimate of drug-likeness (QED) is 0.491. The number of halogens is 1. The number of hydrogen-bond acceptors (Lipinski definition) is 4. The number of hydrogen-bond donors (Lipinski definition) is 1. The van der Waals surface area contributed by atoms with Gasteiger partial charge in [0.2, 0.25) is 0 Å². The van der Waals surface area contributed by atoms with E-state index >= 15 is 0 Å². The molecule has 172 valence electrons. The second kappa shape index (κ2) is 9.79. The average Bonchev–Trinajstić information content (AvgIpc) is 3.64. The first-order valence-electron chi connectivity index (χ1n) is 11.1. The zero-order chi connectivity index (χ0) is 23.5. The standard InChI is InChI=1S/C26H28ClN3O3/c1-16-7-8-18(11-17(16)2)12-21(14-27)29-25(31)24-23(15-28-30(3)26(24)32)33-22-6-4-5-20(13-22)19-9-10-19/h4-8,11,13,15,19,21H,9-10,12,14H2,1-3H3,(H,29,31). The molecule has 1 fully saturated rings. The number of alkyl halides is 1. The van der Waals surface area contributed by atoms with E-state index in [9.17, 15) is 9.59 Å².